The van der Waals surface area contributed by atoms with Gasteiger partial charge in [0, 0.05) is 0 Å². The Morgan fingerprint density at radius 2 is 1.87 bits per heavy atom. The molecule has 0 heteroatoms. The van der Waals surface area contributed by atoms with Gasteiger partial charge in [-0.2, -0.15) is 0 Å². The van der Waals surface area contributed by atoms with E-state index in [2.05, 4.69) is 57.7 Å². The Hall–Kier alpha value is -1.30. The first-order valence-electron chi connectivity index (χ1n) is 5.46. The molecular weight excluding hydrogens is 180 g/mol. The van der Waals surface area contributed by atoms with Crippen molar-refractivity contribution in [3.63, 3.8) is 0 Å². The molecule has 0 atom stereocenters. The maximum Gasteiger partial charge on any atom is -0.00257 e. The first-order chi connectivity index (χ1) is 6.97. The van der Waals surface area contributed by atoms with Gasteiger partial charge in [-0.25, -0.2) is 0 Å². The van der Waals surface area contributed by atoms with Crippen LogP contribution in [-0.4, -0.2) is 0 Å². The molecule has 0 nitrogen and oxygen atoms in total. The van der Waals surface area contributed by atoms with Crippen LogP contribution in [0.25, 0.3) is 6.08 Å². The predicted molar refractivity (Wildman–Crippen MR) is 67.0 cm³/mol. The predicted octanol–water partition coefficient (Wildman–Crippen LogP) is 4.11. The lowest BCUT2D eigenvalue weighted by Crippen LogP contribution is -2.12. The van der Waals surface area contributed by atoms with Crippen molar-refractivity contribution < 1.29 is 0 Å². The third kappa shape index (κ3) is 2.04. The normalized spacial score (nSPS) is 15.3. The molecule has 0 bridgehead atoms. The molecule has 1 aliphatic rings. The summed E-state index contributed by atoms with van der Waals surface area (Å²) in [4.78, 5) is 0. The van der Waals surface area contributed by atoms with E-state index in [-0.39, 0.29) is 5.41 Å². The minimum atomic E-state index is 0.233. The van der Waals surface area contributed by atoms with Crippen LogP contribution in [0.3, 0.4) is 0 Å². The molecule has 0 aromatic heterocycles. The van der Waals surface area contributed by atoms with Gasteiger partial charge in [-0.1, -0.05) is 63.3 Å². The van der Waals surface area contributed by atoms with Crippen LogP contribution < -0.4 is 0 Å². The van der Waals surface area contributed by atoms with Crippen molar-refractivity contribution in [2.45, 2.75) is 32.6 Å². The van der Waals surface area contributed by atoms with Crippen molar-refractivity contribution in [1.82, 2.24) is 0 Å². The highest BCUT2D eigenvalue weighted by atomic mass is 14.2. The number of benzene rings is 1. The maximum atomic E-state index is 4.00. The zero-order valence-electron chi connectivity index (χ0n) is 9.80. The second-order valence-electron chi connectivity index (χ2n) is 5.33. The first kappa shape index (κ1) is 10.2. The highest BCUT2D eigenvalue weighted by molar-refractivity contribution is 5.62. The minimum Gasteiger partial charge on any atom is -0.0955 e. The lowest BCUT2D eigenvalue weighted by molar-refractivity contribution is 0.590. The van der Waals surface area contributed by atoms with Gasteiger partial charge in [0.25, 0.3) is 0 Å². The third-order valence-corrected chi connectivity index (χ3v) is 2.93. The Balaban J connectivity index is 2.46. The second-order valence-corrected chi connectivity index (χ2v) is 5.33. The second kappa shape index (κ2) is 3.37. The SMILES string of the molecule is C=C1C=Cc2cc(C(C)(C)C)ccc2C1. The average Bonchev–Trinajstić information content (AvgIpc) is 2.15. The van der Waals surface area contributed by atoms with E-state index in [0.29, 0.717) is 0 Å². The number of hydrogen-bond donors (Lipinski definition) is 0. The molecule has 1 aromatic carbocycles. The van der Waals surface area contributed by atoms with Crippen LogP contribution in [0.2, 0.25) is 0 Å². The quantitative estimate of drug-likeness (QED) is 0.588. The minimum absolute atomic E-state index is 0.233. The van der Waals surface area contributed by atoms with Crippen LogP contribution in [0.4, 0.5) is 0 Å². The van der Waals surface area contributed by atoms with E-state index in [0.717, 1.165) is 6.42 Å². The number of hydrogen-bond acceptors (Lipinski definition) is 0. The first-order valence-corrected chi connectivity index (χ1v) is 5.46. The van der Waals surface area contributed by atoms with E-state index >= 15 is 0 Å². The van der Waals surface area contributed by atoms with E-state index < -0.39 is 0 Å². The zero-order valence-corrected chi connectivity index (χ0v) is 9.80. The van der Waals surface area contributed by atoms with Gasteiger partial charge in [0.15, 0.2) is 0 Å². The molecule has 78 valence electrons. The number of rotatable bonds is 0. The van der Waals surface area contributed by atoms with Gasteiger partial charge in [-0.3, -0.25) is 0 Å². The summed E-state index contributed by atoms with van der Waals surface area (Å²) in [5.41, 5.74) is 5.59. The van der Waals surface area contributed by atoms with Crippen LogP contribution in [0, 0.1) is 0 Å². The molecular formula is C15H18. The van der Waals surface area contributed by atoms with Crippen LogP contribution in [0.15, 0.2) is 36.4 Å². The molecule has 0 fully saturated rings. The Labute approximate surface area is 92.3 Å². The average molecular weight is 198 g/mol. The molecule has 15 heavy (non-hydrogen) atoms. The molecule has 1 aromatic rings. The van der Waals surface area contributed by atoms with Gasteiger partial charge in [0.2, 0.25) is 0 Å². The molecule has 0 radical (unpaired) electrons. The van der Waals surface area contributed by atoms with E-state index in [1.165, 1.54) is 22.3 Å². The molecule has 0 N–H and O–H groups in total. The summed E-state index contributed by atoms with van der Waals surface area (Å²) in [6, 6.07) is 6.79. The van der Waals surface area contributed by atoms with E-state index in [9.17, 15) is 0 Å². The van der Waals surface area contributed by atoms with Gasteiger partial charge < -0.3 is 0 Å². The molecule has 0 spiro atoms. The van der Waals surface area contributed by atoms with Crippen LogP contribution in [0.5, 0.6) is 0 Å². The smallest absolute Gasteiger partial charge is 0.00257 e. The monoisotopic (exact) mass is 198 g/mol. The topological polar surface area (TPSA) is 0 Å². The largest absolute Gasteiger partial charge is 0.0955 e. The Kier molecular flexibility index (Phi) is 2.30. The van der Waals surface area contributed by atoms with Crippen molar-refractivity contribution in [3.8, 4) is 0 Å². The highest BCUT2D eigenvalue weighted by Crippen LogP contribution is 2.28. The summed E-state index contributed by atoms with van der Waals surface area (Å²) in [5.74, 6) is 0. The summed E-state index contributed by atoms with van der Waals surface area (Å²) < 4.78 is 0. The summed E-state index contributed by atoms with van der Waals surface area (Å²) in [6.45, 7) is 10.7. The Morgan fingerprint density at radius 1 is 1.13 bits per heavy atom. The van der Waals surface area contributed by atoms with Gasteiger partial charge in [0.1, 0.15) is 0 Å². The highest BCUT2D eigenvalue weighted by Gasteiger charge is 2.15. The lowest BCUT2D eigenvalue weighted by atomic mass is 9.83. The summed E-state index contributed by atoms with van der Waals surface area (Å²) in [7, 11) is 0. The van der Waals surface area contributed by atoms with Gasteiger partial charge in [0.05, 0.1) is 0 Å². The van der Waals surface area contributed by atoms with Gasteiger partial charge in [-0.15, -0.1) is 0 Å². The Morgan fingerprint density at radius 3 is 2.53 bits per heavy atom. The van der Waals surface area contributed by atoms with E-state index in [4.69, 9.17) is 0 Å². The van der Waals surface area contributed by atoms with Crippen LogP contribution in [-0.2, 0) is 11.8 Å². The summed E-state index contributed by atoms with van der Waals surface area (Å²) >= 11 is 0. The fraction of sp³-hybridized carbons (Fsp3) is 0.333. The maximum absolute atomic E-state index is 4.00. The third-order valence-electron chi connectivity index (χ3n) is 2.93. The van der Waals surface area contributed by atoms with Gasteiger partial charge >= 0.3 is 0 Å². The fourth-order valence-corrected chi connectivity index (χ4v) is 1.89. The standard InChI is InChI=1S/C15H18/c1-11-5-6-13-10-14(15(2,3)4)8-7-12(13)9-11/h5-8,10H,1,9H2,2-4H3. The molecule has 0 unspecified atom stereocenters. The van der Waals surface area contributed by atoms with Crippen molar-refractivity contribution in [1.29, 1.82) is 0 Å². The lowest BCUT2D eigenvalue weighted by Gasteiger charge is -2.22. The van der Waals surface area contributed by atoms with Crippen LogP contribution >= 0.6 is 0 Å². The van der Waals surface area contributed by atoms with Crippen molar-refractivity contribution >= 4 is 6.08 Å². The van der Waals surface area contributed by atoms with E-state index in [1.807, 2.05) is 0 Å². The van der Waals surface area contributed by atoms with Crippen LogP contribution in [0.1, 0.15) is 37.5 Å². The Bertz CT molecular complexity index is 428. The zero-order chi connectivity index (χ0) is 11.1. The summed E-state index contributed by atoms with van der Waals surface area (Å²) in [5, 5.41) is 0. The molecule has 1 aliphatic carbocycles. The number of fused-ring (bicyclic) bond motifs is 1. The molecule has 0 saturated carbocycles. The molecule has 0 saturated heterocycles. The molecule has 0 aliphatic heterocycles. The fourth-order valence-electron chi connectivity index (χ4n) is 1.89. The van der Waals surface area contributed by atoms with E-state index in [1.54, 1.807) is 0 Å². The van der Waals surface area contributed by atoms with Gasteiger partial charge in [-0.05, 0) is 28.5 Å². The molecule has 0 amide bonds. The summed E-state index contributed by atoms with van der Waals surface area (Å²) in [6.07, 6.45) is 5.29. The molecule has 0 heterocycles. The van der Waals surface area contributed by atoms with Crippen molar-refractivity contribution in [2.75, 3.05) is 0 Å². The van der Waals surface area contributed by atoms with Crippen molar-refractivity contribution in [3.05, 3.63) is 53.1 Å². The van der Waals surface area contributed by atoms with Crippen molar-refractivity contribution in [2.24, 2.45) is 0 Å². The number of allylic oxidation sites excluding steroid dienone is 2. The molecule has 2 rings (SSSR count).